The first-order valence-electron chi connectivity index (χ1n) is 8.01. The molecule has 1 aromatic carbocycles. The maximum Gasteiger partial charge on any atom is 0.254 e. The van der Waals surface area contributed by atoms with Crippen LogP contribution in [0.25, 0.3) is 0 Å². The third-order valence-corrected chi connectivity index (χ3v) is 6.20. The normalized spacial score (nSPS) is 40.0. The van der Waals surface area contributed by atoms with Gasteiger partial charge in [0.15, 0.2) is 0 Å². The summed E-state index contributed by atoms with van der Waals surface area (Å²) in [7, 11) is 0. The third kappa shape index (κ3) is 1.75. The van der Waals surface area contributed by atoms with E-state index in [2.05, 4.69) is 17.3 Å². The van der Waals surface area contributed by atoms with Crippen molar-refractivity contribution >= 4 is 29.6 Å². The fourth-order valence-corrected chi connectivity index (χ4v) is 4.94. The molecular weight excluding hydrogens is 312 g/mol. The topological polar surface area (TPSA) is 49.7 Å². The van der Waals surface area contributed by atoms with E-state index in [0.29, 0.717) is 22.4 Å². The first-order valence-corrected chi connectivity index (χ1v) is 8.39. The summed E-state index contributed by atoms with van der Waals surface area (Å²) in [6.45, 7) is 0. The van der Waals surface area contributed by atoms with Crippen molar-refractivity contribution in [3.05, 3.63) is 47.0 Å². The number of carbonyl (C=O) groups is 2. The quantitative estimate of drug-likeness (QED) is 0.476. The van der Waals surface area contributed by atoms with Crippen molar-refractivity contribution in [2.24, 2.45) is 40.6 Å². The van der Waals surface area contributed by atoms with E-state index < -0.39 is 0 Å². The zero-order valence-corrected chi connectivity index (χ0v) is 13.1. The van der Waals surface area contributed by atoms with Gasteiger partial charge in [-0.15, -0.1) is 0 Å². The van der Waals surface area contributed by atoms with Gasteiger partial charge in [-0.3, -0.25) is 9.59 Å². The minimum absolute atomic E-state index is 0.145. The number of amides is 2. The van der Waals surface area contributed by atoms with Crippen LogP contribution in [0.4, 0.5) is 0 Å². The Kier molecular flexibility index (Phi) is 2.66. The molecule has 1 aromatic rings. The highest BCUT2D eigenvalue weighted by molar-refractivity contribution is 6.33. The molecule has 6 atom stereocenters. The smallest absolute Gasteiger partial charge is 0.254 e. The zero-order valence-electron chi connectivity index (χ0n) is 12.3. The molecule has 0 aromatic heterocycles. The highest BCUT2D eigenvalue weighted by Crippen LogP contribution is 2.65. The summed E-state index contributed by atoms with van der Waals surface area (Å²) in [4.78, 5) is 25.5. The molecule has 2 amide bonds. The van der Waals surface area contributed by atoms with Crippen molar-refractivity contribution in [3.8, 4) is 0 Å². The first-order chi connectivity index (χ1) is 11.2. The van der Waals surface area contributed by atoms with Gasteiger partial charge in [0.05, 0.1) is 18.1 Å². The van der Waals surface area contributed by atoms with Crippen LogP contribution in [0, 0.1) is 35.5 Å². The fraction of sp³-hybridized carbons (Fsp3) is 0.389. The Morgan fingerprint density at radius 1 is 1.04 bits per heavy atom. The van der Waals surface area contributed by atoms with Crippen molar-refractivity contribution in [1.82, 2.24) is 5.01 Å². The van der Waals surface area contributed by atoms with Gasteiger partial charge in [0.25, 0.3) is 11.8 Å². The Balaban J connectivity index is 1.47. The standard InChI is InChI=1S/C18H15ClN2O2/c19-14-4-2-1-3-9(14)8-20-21-17(22)15-10-5-6-11(13-7-12(10)13)16(15)18(21)23/h1-6,8,10-13,15-16H,7H2/b20-8-/t10-,11-,12-,13+,15-,16+/m0/s1. The Morgan fingerprint density at radius 3 is 2.26 bits per heavy atom. The molecule has 5 aliphatic rings. The number of hydrazone groups is 1. The average Bonchev–Trinajstić information content (AvgIpc) is 3.33. The van der Waals surface area contributed by atoms with E-state index >= 15 is 0 Å². The van der Waals surface area contributed by atoms with E-state index in [4.69, 9.17) is 11.6 Å². The van der Waals surface area contributed by atoms with Crippen molar-refractivity contribution in [3.63, 3.8) is 0 Å². The first kappa shape index (κ1) is 13.5. The van der Waals surface area contributed by atoms with Crippen LogP contribution in [0.3, 0.4) is 0 Å². The summed E-state index contributed by atoms with van der Waals surface area (Å²) in [6, 6.07) is 7.24. The van der Waals surface area contributed by atoms with E-state index in [9.17, 15) is 9.59 Å². The number of hydrogen-bond donors (Lipinski definition) is 0. The SMILES string of the molecule is O=C1[C@@H]2[C@H]3C=C[C@@H]([C@@H]4C[C@H]34)[C@@H]2C(=O)N1/N=C\c1ccccc1Cl. The lowest BCUT2D eigenvalue weighted by Gasteiger charge is -2.37. The maximum absolute atomic E-state index is 12.7. The van der Waals surface area contributed by atoms with Gasteiger partial charge in [-0.25, -0.2) is 0 Å². The van der Waals surface area contributed by atoms with Crippen LogP contribution >= 0.6 is 11.6 Å². The summed E-state index contributed by atoms with van der Waals surface area (Å²) in [5, 5.41) is 5.81. The number of halogens is 1. The lowest BCUT2D eigenvalue weighted by molar-refractivity contribution is -0.140. The van der Waals surface area contributed by atoms with Gasteiger partial charge < -0.3 is 0 Å². The van der Waals surface area contributed by atoms with Crippen molar-refractivity contribution in [2.45, 2.75) is 6.42 Å². The number of benzene rings is 1. The minimum Gasteiger partial charge on any atom is -0.272 e. The van der Waals surface area contributed by atoms with E-state index in [1.54, 1.807) is 6.07 Å². The largest absolute Gasteiger partial charge is 0.272 e. The molecule has 1 saturated heterocycles. The predicted molar refractivity (Wildman–Crippen MR) is 85.6 cm³/mol. The molecule has 1 heterocycles. The molecule has 3 fully saturated rings. The molecule has 5 heteroatoms. The van der Waals surface area contributed by atoms with Crippen molar-refractivity contribution in [1.29, 1.82) is 0 Å². The fourth-order valence-electron chi connectivity index (χ4n) is 4.75. The van der Waals surface area contributed by atoms with Crippen LogP contribution in [0.2, 0.25) is 5.02 Å². The number of nitrogens with zero attached hydrogens (tertiary/aromatic N) is 2. The third-order valence-electron chi connectivity index (χ3n) is 5.86. The Bertz CT molecular complexity index is 751. The molecule has 2 saturated carbocycles. The van der Waals surface area contributed by atoms with E-state index in [0.717, 1.165) is 5.01 Å². The number of imide groups is 1. The highest BCUT2D eigenvalue weighted by Gasteiger charge is 2.67. The van der Waals surface area contributed by atoms with E-state index in [-0.39, 0.29) is 35.5 Å². The molecule has 4 aliphatic carbocycles. The van der Waals surface area contributed by atoms with Gasteiger partial charge in [-0.05, 0) is 36.2 Å². The molecule has 0 spiro atoms. The highest BCUT2D eigenvalue weighted by atomic mass is 35.5. The average molecular weight is 327 g/mol. The summed E-state index contributed by atoms with van der Waals surface area (Å²) in [5.74, 6) is 0.972. The van der Waals surface area contributed by atoms with Crippen LogP contribution in [-0.2, 0) is 9.59 Å². The van der Waals surface area contributed by atoms with Gasteiger partial charge in [0, 0.05) is 10.6 Å². The van der Waals surface area contributed by atoms with Gasteiger partial charge in [0.2, 0.25) is 0 Å². The number of rotatable bonds is 2. The molecule has 23 heavy (non-hydrogen) atoms. The Morgan fingerprint density at radius 2 is 1.65 bits per heavy atom. The second-order valence-electron chi connectivity index (χ2n) is 6.91. The van der Waals surface area contributed by atoms with E-state index in [1.165, 1.54) is 12.6 Å². The van der Waals surface area contributed by atoms with Gasteiger partial charge in [0.1, 0.15) is 0 Å². The molecule has 0 radical (unpaired) electrons. The van der Waals surface area contributed by atoms with Crippen LogP contribution in [0.5, 0.6) is 0 Å². The molecule has 4 nitrogen and oxygen atoms in total. The second kappa shape index (κ2) is 4.54. The van der Waals surface area contributed by atoms with E-state index in [1.807, 2.05) is 18.2 Å². The summed E-state index contributed by atoms with van der Waals surface area (Å²) >= 11 is 6.10. The lowest BCUT2D eigenvalue weighted by atomic mass is 9.63. The number of carbonyl (C=O) groups excluding carboxylic acids is 2. The van der Waals surface area contributed by atoms with Crippen LogP contribution in [-0.4, -0.2) is 23.0 Å². The van der Waals surface area contributed by atoms with Gasteiger partial charge in [-0.1, -0.05) is 42.0 Å². The summed E-state index contributed by atoms with van der Waals surface area (Å²) < 4.78 is 0. The second-order valence-corrected chi connectivity index (χ2v) is 7.32. The number of hydrogen-bond acceptors (Lipinski definition) is 3. The molecule has 0 unspecified atom stereocenters. The Labute approximate surface area is 138 Å². The molecule has 1 aliphatic heterocycles. The summed E-state index contributed by atoms with van der Waals surface area (Å²) in [6.07, 6.45) is 6.99. The van der Waals surface area contributed by atoms with Crippen molar-refractivity contribution < 1.29 is 9.59 Å². The number of allylic oxidation sites excluding steroid dienone is 2. The molecule has 0 N–H and O–H groups in total. The lowest BCUT2D eigenvalue weighted by Crippen LogP contribution is -2.40. The van der Waals surface area contributed by atoms with Gasteiger partial charge in [-0.2, -0.15) is 10.1 Å². The monoisotopic (exact) mass is 326 g/mol. The molecular formula is C18H15ClN2O2. The molecule has 2 bridgehead atoms. The van der Waals surface area contributed by atoms with Crippen molar-refractivity contribution in [2.75, 3.05) is 0 Å². The zero-order chi connectivity index (χ0) is 15.7. The minimum atomic E-state index is -0.204. The predicted octanol–water partition coefficient (Wildman–Crippen LogP) is 2.73. The summed E-state index contributed by atoms with van der Waals surface area (Å²) in [5.41, 5.74) is 0.702. The van der Waals surface area contributed by atoms with Crippen LogP contribution in [0.15, 0.2) is 41.5 Å². The van der Waals surface area contributed by atoms with Gasteiger partial charge >= 0.3 is 0 Å². The maximum atomic E-state index is 12.7. The molecule has 116 valence electrons. The van der Waals surface area contributed by atoms with Crippen LogP contribution in [0.1, 0.15) is 12.0 Å². The Hall–Kier alpha value is -1.94. The molecule has 6 rings (SSSR count). The van der Waals surface area contributed by atoms with Crippen LogP contribution < -0.4 is 0 Å².